The first-order valence-electron chi connectivity index (χ1n) is 8.47. The van der Waals surface area contributed by atoms with Crippen LogP contribution in [-0.2, 0) is 17.3 Å². The van der Waals surface area contributed by atoms with E-state index < -0.39 is 5.41 Å². The van der Waals surface area contributed by atoms with Gasteiger partial charge < -0.3 is 14.8 Å². The Balaban J connectivity index is 1.54. The van der Waals surface area contributed by atoms with Gasteiger partial charge in [0, 0.05) is 44.1 Å². The van der Waals surface area contributed by atoms with E-state index in [-0.39, 0.29) is 17.9 Å². The summed E-state index contributed by atoms with van der Waals surface area (Å²) < 4.78 is 2.05. The van der Waals surface area contributed by atoms with Crippen LogP contribution in [0.2, 0.25) is 0 Å². The summed E-state index contributed by atoms with van der Waals surface area (Å²) in [6.45, 7) is 1.79. The number of hydrogen-bond donors (Lipinski definition) is 1. The van der Waals surface area contributed by atoms with E-state index in [1.54, 1.807) is 6.20 Å². The quantitative estimate of drug-likeness (QED) is 0.913. The molecule has 1 saturated carbocycles. The van der Waals surface area contributed by atoms with Crippen molar-refractivity contribution in [3.8, 4) is 0 Å². The van der Waals surface area contributed by atoms with Crippen molar-refractivity contribution in [2.45, 2.75) is 30.2 Å². The highest BCUT2D eigenvalue weighted by Gasteiger charge is 2.53. The molecule has 126 valence electrons. The molecule has 3 heterocycles. The summed E-state index contributed by atoms with van der Waals surface area (Å²) in [7, 11) is 4.11. The number of carbonyl (C=O) groups is 1. The van der Waals surface area contributed by atoms with Crippen LogP contribution < -0.4 is 5.32 Å². The van der Waals surface area contributed by atoms with Crippen molar-refractivity contribution >= 4 is 5.91 Å². The predicted molar refractivity (Wildman–Crippen MR) is 90.5 cm³/mol. The molecule has 6 nitrogen and oxygen atoms in total. The molecule has 1 N–H and O–H groups in total. The van der Waals surface area contributed by atoms with Crippen LogP contribution in [0, 0.1) is 0 Å². The lowest BCUT2D eigenvalue weighted by molar-refractivity contribution is -0.124. The van der Waals surface area contributed by atoms with Crippen molar-refractivity contribution in [3.63, 3.8) is 0 Å². The molecule has 2 aliphatic rings. The Morgan fingerprint density at radius 1 is 1.29 bits per heavy atom. The Hall–Kier alpha value is -2.21. The number of carbonyl (C=O) groups excluding carboxylic acids is 1. The number of aryl methyl sites for hydroxylation is 1. The minimum Gasteiger partial charge on any atom is -0.351 e. The van der Waals surface area contributed by atoms with E-state index in [0.29, 0.717) is 0 Å². The summed E-state index contributed by atoms with van der Waals surface area (Å²) in [5.41, 5.74) is 1.65. The molecule has 2 aromatic rings. The Labute approximate surface area is 141 Å². The maximum Gasteiger partial charge on any atom is 0.232 e. The number of likely N-dealkylation sites (N-methyl/N-ethyl adjacent to an activating group) is 1. The number of pyridine rings is 1. The predicted octanol–water partition coefficient (Wildman–Crippen LogP) is 1.06. The first-order chi connectivity index (χ1) is 11.6. The zero-order chi connectivity index (χ0) is 16.7. The molecule has 0 aromatic carbocycles. The van der Waals surface area contributed by atoms with E-state index in [1.165, 1.54) is 5.69 Å². The highest BCUT2D eigenvalue weighted by atomic mass is 16.2. The normalized spacial score (nSPS) is 25.6. The number of aromatic nitrogens is 3. The molecule has 24 heavy (non-hydrogen) atoms. The fraction of sp³-hybridized carbons (Fsp3) is 0.500. The van der Waals surface area contributed by atoms with Crippen molar-refractivity contribution in [2.75, 3.05) is 20.1 Å². The third kappa shape index (κ3) is 2.51. The summed E-state index contributed by atoms with van der Waals surface area (Å²) in [5, 5.41) is 3.31. The van der Waals surface area contributed by atoms with Crippen LogP contribution in [0.4, 0.5) is 0 Å². The van der Waals surface area contributed by atoms with Gasteiger partial charge in [0.15, 0.2) is 0 Å². The van der Waals surface area contributed by atoms with E-state index in [2.05, 4.69) is 31.8 Å². The van der Waals surface area contributed by atoms with Crippen molar-refractivity contribution in [2.24, 2.45) is 7.05 Å². The molecule has 1 aliphatic heterocycles. The summed E-state index contributed by atoms with van der Waals surface area (Å²) in [5.74, 6) is 0.389. The van der Waals surface area contributed by atoms with Crippen LogP contribution in [0.5, 0.6) is 0 Å². The SMILES string of the molecule is CN1C[C@@H](NC(=O)C2(c3ccccn3)CC2)[C@H](c2cncn2C)C1. The second-order valence-electron chi connectivity index (χ2n) is 7.13. The minimum absolute atomic E-state index is 0.110. The van der Waals surface area contributed by atoms with Gasteiger partial charge in [-0.25, -0.2) is 4.98 Å². The molecule has 2 atom stereocenters. The lowest BCUT2D eigenvalue weighted by Gasteiger charge is -2.23. The smallest absolute Gasteiger partial charge is 0.232 e. The molecule has 0 spiro atoms. The van der Waals surface area contributed by atoms with Gasteiger partial charge in [0.2, 0.25) is 5.91 Å². The molecule has 4 rings (SSSR count). The second-order valence-corrected chi connectivity index (χ2v) is 7.13. The Morgan fingerprint density at radius 3 is 2.75 bits per heavy atom. The van der Waals surface area contributed by atoms with Crippen LogP contribution >= 0.6 is 0 Å². The van der Waals surface area contributed by atoms with Crippen LogP contribution in [0.1, 0.15) is 30.1 Å². The van der Waals surface area contributed by atoms with Crippen molar-refractivity contribution < 1.29 is 4.79 Å². The van der Waals surface area contributed by atoms with Crippen molar-refractivity contribution in [1.29, 1.82) is 0 Å². The highest BCUT2D eigenvalue weighted by molar-refractivity contribution is 5.91. The van der Waals surface area contributed by atoms with E-state index in [9.17, 15) is 4.79 Å². The maximum absolute atomic E-state index is 13.0. The van der Waals surface area contributed by atoms with Gasteiger partial charge in [0.1, 0.15) is 0 Å². The molecule has 2 aromatic heterocycles. The third-order valence-electron chi connectivity index (χ3n) is 5.39. The molecule has 0 unspecified atom stereocenters. The van der Waals surface area contributed by atoms with Gasteiger partial charge in [0.25, 0.3) is 0 Å². The number of hydrogen-bond acceptors (Lipinski definition) is 4. The summed E-state index contributed by atoms with van der Waals surface area (Å²) in [6, 6.07) is 5.92. The Morgan fingerprint density at radius 2 is 2.12 bits per heavy atom. The maximum atomic E-state index is 13.0. The lowest BCUT2D eigenvalue weighted by Crippen LogP contribution is -2.45. The van der Waals surface area contributed by atoms with Crippen LogP contribution in [-0.4, -0.2) is 51.5 Å². The molecular weight excluding hydrogens is 302 g/mol. The van der Waals surface area contributed by atoms with E-state index in [4.69, 9.17) is 0 Å². The van der Waals surface area contributed by atoms with Gasteiger partial charge in [0.05, 0.1) is 23.5 Å². The monoisotopic (exact) mass is 325 g/mol. The minimum atomic E-state index is -0.417. The molecule has 1 saturated heterocycles. The Kier molecular flexibility index (Phi) is 3.64. The van der Waals surface area contributed by atoms with Crippen LogP contribution in [0.3, 0.4) is 0 Å². The topological polar surface area (TPSA) is 63.1 Å². The Bertz CT molecular complexity index is 737. The van der Waals surface area contributed by atoms with Gasteiger partial charge in [-0.1, -0.05) is 6.07 Å². The highest BCUT2D eigenvalue weighted by Crippen LogP contribution is 2.47. The number of likely N-dealkylation sites (tertiary alicyclic amines) is 1. The molecular formula is C18H23N5O. The average Bonchev–Trinajstić information content (AvgIpc) is 3.18. The molecule has 0 bridgehead atoms. The first kappa shape index (κ1) is 15.3. The number of amides is 1. The third-order valence-corrected chi connectivity index (χ3v) is 5.39. The molecule has 6 heteroatoms. The number of rotatable bonds is 4. The second kappa shape index (κ2) is 5.70. The molecule has 0 radical (unpaired) electrons. The van der Waals surface area contributed by atoms with Gasteiger partial charge >= 0.3 is 0 Å². The van der Waals surface area contributed by atoms with Crippen molar-refractivity contribution in [1.82, 2.24) is 24.8 Å². The fourth-order valence-electron chi connectivity index (χ4n) is 3.85. The fourth-order valence-corrected chi connectivity index (χ4v) is 3.85. The summed E-state index contributed by atoms with van der Waals surface area (Å²) in [4.78, 5) is 23.9. The zero-order valence-electron chi connectivity index (χ0n) is 14.1. The summed E-state index contributed by atoms with van der Waals surface area (Å²) in [6.07, 6.45) is 7.27. The van der Waals surface area contributed by atoms with E-state index in [1.807, 2.05) is 37.8 Å². The standard InChI is InChI=1S/C18H23N5O/c1-22-10-13(15-9-19-12-23(15)2)14(11-22)21-17(24)18(6-7-18)16-5-3-4-8-20-16/h3-5,8-9,12-14H,6-7,10-11H2,1-2H3,(H,21,24)/t13-,14-/m1/s1. The zero-order valence-corrected chi connectivity index (χ0v) is 14.1. The van der Waals surface area contributed by atoms with E-state index >= 15 is 0 Å². The largest absolute Gasteiger partial charge is 0.351 e. The molecule has 2 fully saturated rings. The number of nitrogens with zero attached hydrogens (tertiary/aromatic N) is 4. The molecule has 1 aliphatic carbocycles. The number of imidazole rings is 1. The van der Waals surface area contributed by atoms with Gasteiger partial charge in [-0.15, -0.1) is 0 Å². The first-order valence-corrected chi connectivity index (χ1v) is 8.47. The summed E-state index contributed by atoms with van der Waals surface area (Å²) >= 11 is 0. The van der Waals surface area contributed by atoms with Crippen LogP contribution in [0.15, 0.2) is 36.9 Å². The van der Waals surface area contributed by atoms with Gasteiger partial charge in [-0.3, -0.25) is 9.78 Å². The van der Waals surface area contributed by atoms with Gasteiger partial charge in [-0.05, 0) is 32.0 Å². The van der Waals surface area contributed by atoms with E-state index in [0.717, 1.165) is 31.6 Å². The molecule has 1 amide bonds. The van der Waals surface area contributed by atoms with Crippen molar-refractivity contribution in [3.05, 3.63) is 48.3 Å². The van der Waals surface area contributed by atoms with Crippen LogP contribution in [0.25, 0.3) is 0 Å². The lowest BCUT2D eigenvalue weighted by atomic mass is 9.96. The number of nitrogens with one attached hydrogen (secondary N) is 1. The van der Waals surface area contributed by atoms with Gasteiger partial charge in [-0.2, -0.15) is 0 Å². The average molecular weight is 325 g/mol.